The Hall–Kier alpha value is -1.69. The largest absolute Gasteiger partial charge is 0.444 e. The maximum atomic E-state index is 13.7. The van der Waals surface area contributed by atoms with Crippen molar-refractivity contribution in [2.75, 3.05) is 7.05 Å². The summed E-state index contributed by atoms with van der Waals surface area (Å²) in [5.41, 5.74) is -0.801. The minimum absolute atomic E-state index is 0.0825. The molecule has 0 aliphatic heterocycles. The van der Waals surface area contributed by atoms with Gasteiger partial charge >= 0.3 is 6.09 Å². The van der Waals surface area contributed by atoms with Crippen LogP contribution in [0.5, 0.6) is 0 Å². The molecule has 0 spiro atoms. The van der Waals surface area contributed by atoms with E-state index in [0.717, 1.165) is 11.1 Å². The van der Waals surface area contributed by atoms with Gasteiger partial charge in [-0.25, -0.2) is 9.78 Å². The number of nitrogens with zero attached hydrogens (tertiary/aromatic N) is 2. The zero-order valence-corrected chi connectivity index (χ0v) is 12.4. The number of rotatable bonds is 3. The summed E-state index contributed by atoms with van der Waals surface area (Å²) in [6.07, 6.45) is 0.810. The van der Waals surface area contributed by atoms with Crippen molar-refractivity contribution < 1.29 is 18.7 Å². The Morgan fingerprint density at radius 3 is 2.65 bits per heavy atom. The van der Waals surface area contributed by atoms with Crippen LogP contribution in [0.4, 0.5) is 9.18 Å². The van der Waals surface area contributed by atoms with Crippen LogP contribution >= 0.6 is 11.6 Å². The van der Waals surface area contributed by atoms with E-state index in [1.54, 1.807) is 20.8 Å². The summed E-state index contributed by atoms with van der Waals surface area (Å²) in [5.74, 6) is -0.859. The van der Waals surface area contributed by atoms with Crippen LogP contribution in [0.1, 0.15) is 32.4 Å². The summed E-state index contributed by atoms with van der Waals surface area (Å²) in [6.45, 7) is 5.07. The van der Waals surface area contributed by atoms with Crippen LogP contribution in [-0.4, -0.2) is 34.9 Å². The molecule has 1 aromatic heterocycles. The Kier molecular flexibility index (Phi) is 5.05. The van der Waals surface area contributed by atoms with E-state index in [-0.39, 0.29) is 10.6 Å². The molecule has 1 atom stereocenters. The van der Waals surface area contributed by atoms with Gasteiger partial charge in [0.15, 0.2) is 0 Å². The molecule has 0 saturated heterocycles. The summed E-state index contributed by atoms with van der Waals surface area (Å²) >= 11 is 5.73. The van der Waals surface area contributed by atoms with Gasteiger partial charge in [-0.3, -0.25) is 4.90 Å². The monoisotopic (exact) mass is 302 g/mol. The number of aromatic nitrogens is 1. The molecule has 0 saturated carbocycles. The van der Waals surface area contributed by atoms with Gasteiger partial charge in [-0.1, -0.05) is 11.6 Å². The summed E-state index contributed by atoms with van der Waals surface area (Å²) in [7, 11) is 1.34. The number of halogens is 2. The number of amides is 1. The number of ether oxygens (including phenoxy) is 1. The smallest absolute Gasteiger partial charge is 0.410 e. The van der Waals surface area contributed by atoms with Crippen molar-refractivity contribution in [3.8, 4) is 0 Å². The van der Waals surface area contributed by atoms with Crippen LogP contribution in [0.3, 0.4) is 0 Å². The van der Waals surface area contributed by atoms with E-state index >= 15 is 0 Å². The number of hydrogen-bond donors (Lipinski definition) is 0. The minimum Gasteiger partial charge on any atom is -0.444 e. The third-order valence-corrected chi connectivity index (χ3v) is 2.59. The van der Waals surface area contributed by atoms with E-state index in [9.17, 15) is 14.0 Å². The molecule has 0 N–H and O–H groups in total. The van der Waals surface area contributed by atoms with Crippen molar-refractivity contribution in [1.29, 1.82) is 0 Å². The molecule has 1 aromatic rings. The molecular formula is C13H16ClFN2O3. The third-order valence-electron chi connectivity index (χ3n) is 2.38. The number of pyridine rings is 1. The zero-order chi connectivity index (χ0) is 15.5. The zero-order valence-electron chi connectivity index (χ0n) is 11.7. The standard InChI is InChI=1S/C13H16ClFN2O3/c1-13(2,3)20-12(19)17(4)10(7-18)9-5-8(14)6-16-11(9)15/h5-7,10H,1-4H3. The SMILES string of the molecule is CN(C(=O)OC(C)(C)C)C(C=O)c1cc(Cl)cnc1F. The molecule has 0 bridgehead atoms. The summed E-state index contributed by atoms with van der Waals surface area (Å²) in [6, 6.07) is 0.0974. The summed E-state index contributed by atoms with van der Waals surface area (Å²) in [4.78, 5) is 27.5. The molecule has 0 aliphatic rings. The molecule has 1 amide bonds. The van der Waals surface area contributed by atoms with Gasteiger partial charge in [-0.2, -0.15) is 4.39 Å². The van der Waals surface area contributed by atoms with Crippen LogP contribution in [-0.2, 0) is 9.53 Å². The topological polar surface area (TPSA) is 59.5 Å². The second-order valence-electron chi connectivity index (χ2n) is 5.21. The van der Waals surface area contributed by atoms with E-state index in [4.69, 9.17) is 16.3 Å². The second kappa shape index (κ2) is 6.17. The van der Waals surface area contributed by atoms with Crippen LogP contribution in [0, 0.1) is 5.95 Å². The fourth-order valence-corrected chi connectivity index (χ4v) is 1.63. The van der Waals surface area contributed by atoms with Crippen molar-refractivity contribution >= 4 is 24.0 Å². The van der Waals surface area contributed by atoms with E-state index < -0.39 is 23.7 Å². The van der Waals surface area contributed by atoms with Gasteiger partial charge in [0.25, 0.3) is 0 Å². The quantitative estimate of drug-likeness (QED) is 0.636. The molecule has 0 aliphatic carbocycles. The van der Waals surface area contributed by atoms with Crippen molar-refractivity contribution in [1.82, 2.24) is 9.88 Å². The maximum Gasteiger partial charge on any atom is 0.410 e. The molecule has 5 nitrogen and oxygen atoms in total. The fraction of sp³-hybridized carbons (Fsp3) is 0.462. The minimum atomic E-state index is -1.16. The lowest BCUT2D eigenvalue weighted by atomic mass is 10.1. The molecule has 0 radical (unpaired) electrons. The lowest BCUT2D eigenvalue weighted by Gasteiger charge is -2.28. The number of carbonyl (C=O) groups is 2. The normalized spacial score (nSPS) is 12.7. The van der Waals surface area contributed by atoms with Gasteiger partial charge in [0.1, 0.15) is 17.9 Å². The van der Waals surface area contributed by atoms with Crippen LogP contribution in [0.15, 0.2) is 12.3 Å². The Bertz CT molecular complexity index is 517. The van der Waals surface area contributed by atoms with Gasteiger partial charge in [0, 0.05) is 18.8 Å². The lowest BCUT2D eigenvalue weighted by molar-refractivity contribution is -0.112. The fourth-order valence-electron chi connectivity index (χ4n) is 1.47. The van der Waals surface area contributed by atoms with Crippen LogP contribution in [0.2, 0.25) is 5.02 Å². The van der Waals surface area contributed by atoms with Crippen molar-refractivity contribution in [2.24, 2.45) is 0 Å². The molecule has 1 rings (SSSR count). The molecular weight excluding hydrogens is 287 g/mol. The average Bonchev–Trinajstić information content (AvgIpc) is 2.32. The highest BCUT2D eigenvalue weighted by molar-refractivity contribution is 6.30. The predicted octanol–water partition coefficient (Wildman–Crippen LogP) is 2.98. The van der Waals surface area contributed by atoms with E-state index in [0.29, 0.717) is 6.29 Å². The summed E-state index contributed by atoms with van der Waals surface area (Å²) in [5, 5.41) is 0.172. The van der Waals surface area contributed by atoms with Crippen molar-refractivity contribution in [3.63, 3.8) is 0 Å². The van der Waals surface area contributed by atoms with E-state index in [1.807, 2.05) is 0 Å². The predicted molar refractivity (Wildman–Crippen MR) is 72.0 cm³/mol. The first kappa shape index (κ1) is 16.4. The number of likely N-dealkylation sites (N-methyl/N-ethyl adjacent to an activating group) is 1. The molecule has 20 heavy (non-hydrogen) atoms. The molecule has 0 fully saturated rings. The number of aldehydes is 1. The molecule has 0 aromatic carbocycles. The highest BCUT2D eigenvalue weighted by Gasteiger charge is 2.28. The van der Waals surface area contributed by atoms with Gasteiger partial charge < -0.3 is 9.53 Å². The number of hydrogen-bond acceptors (Lipinski definition) is 4. The lowest BCUT2D eigenvalue weighted by Crippen LogP contribution is -2.37. The van der Waals surface area contributed by atoms with Crippen molar-refractivity contribution in [3.05, 3.63) is 28.8 Å². The molecule has 7 heteroatoms. The van der Waals surface area contributed by atoms with Crippen LogP contribution in [0.25, 0.3) is 0 Å². The van der Waals surface area contributed by atoms with Crippen LogP contribution < -0.4 is 0 Å². The van der Waals surface area contributed by atoms with Gasteiger partial charge in [0.2, 0.25) is 5.95 Å². The Morgan fingerprint density at radius 1 is 1.55 bits per heavy atom. The Morgan fingerprint density at radius 2 is 2.15 bits per heavy atom. The Balaban J connectivity index is 3.04. The summed E-state index contributed by atoms with van der Waals surface area (Å²) < 4.78 is 18.8. The third kappa shape index (κ3) is 4.16. The average molecular weight is 303 g/mol. The maximum absolute atomic E-state index is 13.7. The van der Waals surface area contributed by atoms with Crippen molar-refractivity contribution in [2.45, 2.75) is 32.4 Å². The Labute approximate surface area is 121 Å². The first-order valence-electron chi connectivity index (χ1n) is 5.87. The number of carbonyl (C=O) groups excluding carboxylic acids is 2. The van der Waals surface area contributed by atoms with Gasteiger partial charge in [-0.15, -0.1) is 0 Å². The molecule has 1 unspecified atom stereocenters. The van der Waals surface area contributed by atoms with E-state index in [2.05, 4.69) is 4.98 Å². The second-order valence-corrected chi connectivity index (χ2v) is 5.64. The van der Waals surface area contributed by atoms with Gasteiger partial charge in [0.05, 0.1) is 5.02 Å². The highest BCUT2D eigenvalue weighted by Crippen LogP contribution is 2.24. The first-order valence-corrected chi connectivity index (χ1v) is 6.25. The molecule has 110 valence electrons. The van der Waals surface area contributed by atoms with E-state index in [1.165, 1.54) is 13.1 Å². The highest BCUT2D eigenvalue weighted by atomic mass is 35.5. The van der Waals surface area contributed by atoms with Gasteiger partial charge in [-0.05, 0) is 26.8 Å². The first-order chi connectivity index (χ1) is 9.15. The molecule has 1 heterocycles.